The number of aromatic nitrogens is 2. The molecule has 1 aromatic heterocycles. The smallest absolute Gasteiger partial charge is 0.342 e. The summed E-state index contributed by atoms with van der Waals surface area (Å²) in [5, 5.41) is 9.57. The average molecular weight is 312 g/mol. The molecule has 0 unspecified atom stereocenters. The molecule has 0 aliphatic heterocycles. The van der Waals surface area contributed by atoms with Gasteiger partial charge < -0.3 is 13.9 Å². The summed E-state index contributed by atoms with van der Waals surface area (Å²) in [5.41, 5.74) is 0.362. The Morgan fingerprint density at radius 3 is 2.48 bits per heavy atom. The molecule has 0 N–H and O–H groups in total. The summed E-state index contributed by atoms with van der Waals surface area (Å²) in [4.78, 5) is 12.3. The maximum Gasteiger partial charge on any atom is 0.342 e. The van der Waals surface area contributed by atoms with Crippen LogP contribution in [0, 0.1) is 0 Å². The Morgan fingerprint density at radius 1 is 1.13 bits per heavy atom. The van der Waals surface area contributed by atoms with E-state index in [4.69, 9.17) is 13.9 Å². The number of carbonyl (C=O) groups is 1. The number of fused-ring (bicyclic) bond motifs is 1. The van der Waals surface area contributed by atoms with E-state index in [9.17, 15) is 4.79 Å². The van der Waals surface area contributed by atoms with Crippen LogP contribution in [0.2, 0.25) is 0 Å². The van der Waals surface area contributed by atoms with Crippen LogP contribution in [0.25, 0.3) is 10.8 Å². The maximum absolute atomic E-state index is 12.3. The summed E-state index contributed by atoms with van der Waals surface area (Å²) in [5.74, 6) is 0.756. The summed E-state index contributed by atoms with van der Waals surface area (Å²) in [6, 6.07) is 11.3. The van der Waals surface area contributed by atoms with Crippen molar-refractivity contribution in [2.75, 3.05) is 7.11 Å². The minimum atomic E-state index is -0.496. The Hall–Kier alpha value is -2.89. The molecule has 0 spiro atoms. The first kappa shape index (κ1) is 15.0. The maximum atomic E-state index is 12.3. The molecule has 6 nitrogen and oxygen atoms in total. The Labute approximate surface area is 133 Å². The van der Waals surface area contributed by atoms with Gasteiger partial charge in [-0.2, -0.15) is 0 Å². The van der Waals surface area contributed by atoms with Crippen LogP contribution in [0.5, 0.6) is 5.75 Å². The third-order valence-electron chi connectivity index (χ3n) is 3.43. The summed E-state index contributed by atoms with van der Waals surface area (Å²) >= 11 is 0. The van der Waals surface area contributed by atoms with Crippen LogP contribution in [0.15, 0.2) is 40.8 Å². The lowest BCUT2D eigenvalue weighted by atomic mass is 10.1. The van der Waals surface area contributed by atoms with Crippen LogP contribution in [0.3, 0.4) is 0 Å². The van der Waals surface area contributed by atoms with Gasteiger partial charge >= 0.3 is 5.97 Å². The van der Waals surface area contributed by atoms with Crippen molar-refractivity contribution in [3.05, 3.63) is 53.7 Å². The molecule has 0 atom stereocenters. The molecule has 0 aliphatic carbocycles. The van der Waals surface area contributed by atoms with Crippen LogP contribution in [0.1, 0.15) is 29.1 Å². The third-order valence-corrected chi connectivity index (χ3v) is 3.43. The first-order valence-electron chi connectivity index (χ1n) is 7.26. The van der Waals surface area contributed by atoms with Crippen LogP contribution in [-0.4, -0.2) is 23.3 Å². The second-order valence-electron chi connectivity index (χ2n) is 4.92. The van der Waals surface area contributed by atoms with Gasteiger partial charge in [-0.3, -0.25) is 0 Å². The predicted molar refractivity (Wildman–Crippen MR) is 83.3 cm³/mol. The highest BCUT2D eigenvalue weighted by Crippen LogP contribution is 2.26. The van der Waals surface area contributed by atoms with E-state index >= 15 is 0 Å². The summed E-state index contributed by atoms with van der Waals surface area (Å²) in [6.07, 6.45) is 0.638. The normalized spacial score (nSPS) is 10.7. The number of aryl methyl sites for hydroxylation is 1. The lowest BCUT2D eigenvalue weighted by Gasteiger charge is -2.09. The number of nitrogens with zero attached hydrogens (tertiary/aromatic N) is 2. The van der Waals surface area contributed by atoms with E-state index in [-0.39, 0.29) is 12.5 Å². The standard InChI is InChI=1S/C17H16N2O4/c1-3-15-18-19-16(23-15)10-22-17(20)13-8-11-6-4-5-7-12(11)9-14(13)21-2/h4-9H,3,10H2,1-2H3. The average Bonchev–Trinajstić information content (AvgIpc) is 3.06. The lowest BCUT2D eigenvalue weighted by molar-refractivity contribution is 0.0433. The summed E-state index contributed by atoms with van der Waals surface area (Å²) in [6.45, 7) is 1.84. The molecular formula is C17H16N2O4. The second-order valence-corrected chi connectivity index (χ2v) is 4.92. The molecule has 2 aromatic carbocycles. The SMILES string of the molecule is CCc1nnc(COC(=O)c2cc3ccccc3cc2OC)o1. The fourth-order valence-electron chi connectivity index (χ4n) is 2.24. The number of carbonyl (C=O) groups excluding carboxylic acids is 1. The minimum absolute atomic E-state index is 0.0676. The Morgan fingerprint density at radius 2 is 1.83 bits per heavy atom. The molecule has 0 bridgehead atoms. The van der Waals surface area contributed by atoms with Gasteiger partial charge in [-0.25, -0.2) is 4.79 Å². The lowest BCUT2D eigenvalue weighted by Crippen LogP contribution is -2.07. The van der Waals surface area contributed by atoms with Gasteiger partial charge in [0.05, 0.1) is 7.11 Å². The highest BCUT2D eigenvalue weighted by Gasteiger charge is 2.16. The fourth-order valence-corrected chi connectivity index (χ4v) is 2.24. The van der Waals surface area contributed by atoms with Gasteiger partial charge in [0.15, 0.2) is 6.61 Å². The molecule has 0 saturated carbocycles. The van der Waals surface area contributed by atoms with E-state index in [1.807, 2.05) is 37.3 Å². The quantitative estimate of drug-likeness (QED) is 0.674. The molecule has 0 aliphatic rings. The van der Waals surface area contributed by atoms with Gasteiger partial charge in [-0.1, -0.05) is 31.2 Å². The number of hydrogen-bond donors (Lipinski definition) is 0. The monoisotopic (exact) mass is 312 g/mol. The summed E-state index contributed by atoms with van der Waals surface area (Å²) in [7, 11) is 1.52. The topological polar surface area (TPSA) is 74.5 Å². The van der Waals surface area contributed by atoms with E-state index in [1.54, 1.807) is 6.07 Å². The molecule has 3 aromatic rings. The highest BCUT2D eigenvalue weighted by molar-refractivity contribution is 5.98. The zero-order chi connectivity index (χ0) is 16.2. The van der Waals surface area contributed by atoms with Crippen LogP contribution >= 0.6 is 0 Å². The first-order chi connectivity index (χ1) is 11.2. The number of rotatable bonds is 5. The summed E-state index contributed by atoms with van der Waals surface area (Å²) < 4.78 is 15.9. The van der Waals surface area contributed by atoms with Gasteiger partial charge in [0.1, 0.15) is 11.3 Å². The van der Waals surface area contributed by atoms with E-state index in [2.05, 4.69) is 10.2 Å². The first-order valence-corrected chi connectivity index (χ1v) is 7.26. The largest absolute Gasteiger partial charge is 0.496 e. The third kappa shape index (κ3) is 3.15. The molecule has 0 saturated heterocycles. The molecule has 0 radical (unpaired) electrons. The van der Waals surface area contributed by atoms with Crippen molar-refractivity contribution in [2.24, 2.45) is 0 Å². The Bertz CT molecular complexity index is 841. The van der Waals surface area contributed by atoms with Crippen molar-refractivity contribution >= 4 is 16.7 Å². The van der Waals surface area contributed by atoms with Crippen LogP contribution in [0.4, 0.5) is 0 Å². The zero-order valence-corrected chi connectivity index (χ0v) is 12.9. The van der Waals surface area contributed by atoms with Gasteiger partial charge in [0.2, 0.25) is 5.89 Å². The van der Waals surface area contributed by atoms with Gasteiger partial charge in [-0.15, -0.1) is 10.2 Å². The van der Waals surface area contributed by atoms with Crippen molar-refractivity contribution in [2.45, 2.75) is 20.0 Å². The molecule has 6 heteroatoms. The number of methoxy groups -OCH3 is 1. The molecular weight excluding hydrogens is 296 g/mol. The molecule has 3 rings (SSSR count). The van der Waals surface area contributed by atoms with Crippen molar-refractivity contribution in [1.29, 1.82) is 0 Å². The fraction of sp³-hybridized carbons (Fsp3) is 0.235. The molecule has 0 amide bonds. The highest BCUT2D eigenvalue weighted by atomic mass is 16.5. The van der Waals surface area contributed by atoms with Crippen molar-refractivity contribution in [3.63, 3.8) is 0 Å². The van der Waals surface area contributed by atoms with Gasteiger partial charge in [0, 0.05) is 6.42 Å². The number of ether oxygens (including phenoxy) is 2. The zero-order valence-electron chi connectivity index (χ0n) is 12.9. The van der Waals surface area contributed by atoms with Crippen molar-refractivity contribution in [1.82, 2.24) is 10.2 Å². The number of hydrogen-bond acceptors (Lipinski definition) is 6. The van der Waals surface area contributed by atoms with E-state index in [0.717, 1.165) is 10.8 Å². The Balaban J connectivity index is 1.81. The van der Waals surface area contributed by atoms with E-state index < -0.39 is 5.97 Å². The Kier molecular flexibility index (Phi) is 4.23. The number of esters is 1. The van der Waals surface area contributed by atoms with Crippen molar-refractivity contribution < 1.29 is 18.7 Å². The molecule has 23 heavy (non-hydrogen) atoms. The molecule has 118 valence electrons. The van der Waals surface area contributed by atoms with Gasteiger partial charge in [0.25, 0.3) is 5.89 Å². The van der Waals surface area contributed by atoms with Crippen LogP contribution < -0.4 is 4.74 Å². The minimum Gasteiger partial charge on any atom is -0.496 e. The van der Waals surface area contributed by atoms with Crippen LogP contribution in [-0.2, 0) is 17.8 Å². The molecule has 1 heterocycles. The van der Waals surface area contributed by atoms with E-state index in [0.29, 0.717) is 23.6 Å². The van der Waals surface area contributed by atoms with Crippen molar-refractivity contribution in [3.8, 4) is 5.75 Å². The van der Waals surface area contributed by atoms with Gasteiger partial charge in [-0.05, 0) is 22.9 Å². The molecule has 0 fully saturated rings. The number of benzene rings is 2. The van der Waals surface area contributed by atoms with E-state index in [1.165, 1.54) is 7.11 Å². The second kappa shape index (κ2) is 6.48. The predicted octanol–water partition coefficient (Wildman–Crippen LogP) is 3.15.